The number of hydrogen-bond donors (Lipinski definition) is 2. The van der Waals surface area contributed by atoms with E-state index in [0.29, 0.717) is 22.2 Å². The standard InChI is InChI=1S/C17H22N6O4S/c1-5-26-14(24)12-10(9-28-16-20-21-22-23(16)17(2,3)4)18-15(25)19-13(12)11-7-6-8-27-11/h6-8,13H,5,9H2,1-4H3,(H2,18,19,25). The van der Waals surface area contributed by atoms with Crippen LogP contribution >= 0.6 is 11.8 Å². The first-order valence-electron chi connectivity index (χ1n) is 8.74. The van der Waals surface area contributed by atoms with Crippen molar-refractivity contribution in [2.75, 3.05) is 12.4 Å². The third-order valence-corrected chi connectivity index (χ3v) is 4.84. The van der Waals surface area contributed by atoms with Gasteiger partial charge in [-0.05, 0) is 50.3 Å². The van der Waals surface area contributed by atoms with Crippen molar-refractivity contribution in [1.82, 2.24) is 30.8 Å². The van der Waals surface area contributed by atoms with Crippen molar-refractivity contribution in [2.24, 2.45) is 0 Å². The fourth-order valence-corrected chi connectivity index (χ4v) is 3.71. The molecule has 1 aliphatic heterocycles. The summed E-state index contributed by atoms with van der Waals surface area (Å²) < 4.78 is 12.3. The van der Waals surface area contributed by atoms with E-state index in [0.717, 1.165) is 0 Å². The first-order chi connectivity index (χ1) is 13.3. The Morgan fingerprint density at radius 1 is 1.43 bits per heavy atom. The summed E-state index contributed by atoms with van der Waals surface area (Å²) in [6, 6.07) is 2.22. The van der Waals surface area contributed by atoms with Gasteiger partial charge in [0.25, 0.3) is 0 Å². The number of urea groups is 1. The average Bonchev–Trinajstić information content (AvgIpc) is 3.30. The maximum atomic E-state index is 12.6. The molecule has 10 nitrogen and oxygen atoms in total. The number of carbonyl (C=O) groups is 2. The highest BCUT2D eigenvalue weighted by molar-refractivity contribution is 7.99. The minimum Gasteiger partial charge on any atom is -0.467 e. The van der Waals surface area contributed by atoms with Crippen LogP contribution in [-0.2, 0) is 15.1 Å². The van der Waals surface area contributed by atoms with E-state index in [-0.39, 0.29) is 17.9 Å². The molecule has 0 spiro atoms. The predicted molar refractivity (Wildman–Crippen MR) is 100 cm³/mol. The summed E-state index contributed by atoms with van der Waals surface area (Å²) in [5.74, 6) is 0.192. The fourth-order valence-electron chi connectivity index (χ4n) is 2.68. The molecule has 0 fully saturated rings. The van der Waals surface area contributed by atoms with Gasteiger partial charge >= 0.3 is 12.0 Å². The highest BCUT2D eigenvalue weighted by Crippen LogP contribution is 2.31. The molecule has 0 bridgehead atoms. The second kappa shape index (κ2) is 8.05. The molecule has 2 amide bonds. The summed E-state index contributed by atoms with van der Waals surface area (Å²) in [5.41, 5.74) is 0.411. The smallest absolute Gasteiger partial charge is 0.338 e. The topological polar surface area (TPSA) is 124 Å². The summed E-state index contributed by atoms with van der Waals surface area (Å²) in [6.07, 6.45) is 1.48. The minimum atomic E-state index is -0.739. The first-order valence-corrected chi connectivity index (χ1v) is 9.72. The lowest BCUT2D eigenvalue weighted by Gasteiger charge is -2.27. The van der Waals surface area contributed by atoms with Gasteiger partial charge in [-0.25, -0.2) is 14.3 Å². The Bertz CT molecular complexity index is 884. The van der Waals surface area contributed by atoms with Crippen molar-refractivity contribution >= 4 is 23.8 Å². The van der Waals surface area contributed by atoms with Crippen LogP contribution in [0.4, 0.5) is 4.79 Å². The molecule has 150 valence electrons. The van der Waals surface area contributed by atoms with Gasteiger partial charge in [-0.1, -0.05) is 11.8 Å². The van der Waals surface area contributed by atoms with Crippen LogP contribution in [0.5, 0.6) is 0 Å². The zero-order chi connectivity index (χ0) is 20.3. The molecule has 1 unspecified atom stereocenters. The van der Waals surface area contributed by atoms with Crippen LogP contribution in [0.15, 0.2) is 39.2 Å². The van der Waals surface area contributed by atoms with Gasteiger partial charge in [0.2, 0.25) is 5.16 Å². The summed E-state index contributed by atoms with van der Waals surface area (Å²) in [7, 11) is 0. The first kappa shape index (κ1) is 19.9. The van der Waals surface area contributed by atoms with Gasteiger partial charge < -0.3 is 19.8 Å². The lowest BCUT2D eigenvalue weighted by Crippen LogP contribution is -2.46. The largest absolute Gasteiger partial charge is 0.467 e. The maximum Gasteiger partial charge on any atom is 0.338 e. The molecule has 1 atom stereocenters. The van der Waals surface area contributed by atoms with Gasteiger partial charge in [0, 0.05) is 11.4 Å². The van der Waals surface area contributed by atoms with E-state index >= 15 is 0 Å². The number of furan rings is 1. The van der Waals surface area contributed by atoms with Gasteiger partial charge in [-0.2, -0.15) is 0 Å². The number of rotatable bonds is 6. The van der Waals surface area contributed by atoms with Crippen LogP contribution in [0, 0.1) is 0 Å². The third kappa shape index (κ3) is 4.19. The zero-order valence-electron chi connectivity index (χ0n) is 16.1. The van der Waals surface area contributed by atoms with Gasteiger partial charge in [0.1, 0.15) is 11.8 Å². The number of esters is 1. The van der Waals surface area contributed by atoms with E-state index in [1.807, 2.05) is 20.8 Å². The minimum absolute atomic E-state index is 0.212. The Hall–Kier alpha value is -2.82. The van der Waals surface area contributed by atoms with E-state index in [1.165, 1.54) is 18.0 Å². The molecule has 2 aromatic heterocycles. The molecule has 0 aromatic carbocycles. The quantitative estimate of drug-likeness (QED) is 0.551. The molecule has 1 aliphatic rings. The molecule has 0 saturated carbocycles. The number of nitrogens with one attached hydrogen (secondary N) is 2. The van der Waals surface area contributed by atoms with Crippen LogP contribution in [0.3, 0.4) is 0 Å². The predicted octanol–water partition coefficient (Wildman–Crippen LogP) is 1.98. The normalized spacial score (nSPS) is 17.3. The lowest BCUT2D eigenvalue weighted by molar-refractivity contribution is -0.139. The zero-order valence-corrected chi connectivity index (χ0v) is 16.9. The highest BCUT2D eigenvalue weighted by Gasteiger charge is 2.35. The van der Waals surface area contributed by atoms with E-state index in [1.54, 1.807) is 23.7 Å². The van der Waals surface area contributed by atoms with Crippen molar-refractivity contribution in [3.63, 3.8) is 0 Å². The molecule has 0 aliphatic carbocycles. The van der Waals surface area contributed by atoms with Crippen LogP contribution < -0.4 is 10.6 Å². The van der Waals surface area contributed by atoms with Crippen LogP contribution in [0.25, 0.3) is 0 Å². The molecule has 28 heavy (non-hydrogen) atoms. The number of aromatic nitrogens is 4. The Balaban J connectivity index is 1.94. The second-order valence-corrected chi connectivity index (χ2v) is 7.93. The van der Waals surface area contributed by atoms with Gasteiger partial charge in [-0.3, -0.25) is 0 Å². The van der Waals surface area contributed by atoms with E-state index < -0.39 is 18.0 Å². The number of carbonyl (C=O) groups excluding carboxylic acids is 2. The molecule has 11 heteroatoms. The highest BCUT2D eigenvalue weighted by atomic mass is 32.2. The number of hydrogen-bond acceptors (Lipinski definition) is 8. The molecule has 3 rings (SSSR count). The van der Waals surface area contributed by atoms with Crippen molar-refractivity contribution in [3.05, 3.63) is 35.4 Å². The number of tetrazole rings is 1. The van der Waals surface area contributed by atoms with Crippen molar-refractivity contribution in [1.29, 1.82) is 0 Å². The van der Waals surface area contributed by atoms with E-state index in [4.69, 9.17) is 9.15 Å². The summed E-state index contributed by atoms with van der Waals surface area (Å²) >= 11 is 1.32. The molecular weight excluding hydrogens is 384 g/mol. The van der Waals surface area contributed by atoms with Crippen LogP contribution in [-0.4, -0.2) is 44.6 Å². The number of ether oxygens (including phenoxy) is 1. The summed E-state index contributed by atoms with van der Waals surface area (Å²) in [5, 5.41) is 17.8. The number of nitrogens with zero attached hydrogens (tertiary/aromatic N) is 4. The lowest BCUT2D eigenvalue weighted by atomic mass is 10.0. The van der Waals surface area contributed by atoms with Gasteiger partial charge in [-0.15, -0.1) is 5.10 Å². The van der Waals surface area contributed by atoms with Gasteiger partial charge in [0.05, 0.1) is 24.0 Å². The maximum absolute atomic E-state index is 12.6. The Kier molecular flexibility index (Phi) is 5.73. The Morgan fingerprint density at radius 2 is 2.21 bits per heavy atom. The van der Waals surface area contributed by atoms with E-state index in [9.17, 15) is 9.59 Å². The second-order valence-electron chi connectivity index (χ2n) is 6.99. The van der Waals surface area contributed by atoms with Crippen molar-refractivity contribution in [3.8, 4) is 0 Å². The fraction of sp³-hybridized carbons (Fsp3) is 0.471. The van der Waals surface area contributed by atoms with Crippen LogP contribution in [0.1, 0.15) is 39.5 Å². The SMILES string of the molecule is CCOC(=O)C1=C(CSc2nnnn2C(C)(C)C)NC(=O)NC1c1ccco1. The third-order valence-electron chi connectivity index (χ3n) is 3.90. The molecular formula is C17H22N6O4S. The monoisotopic (exact) mass is 406 g/mol. The average molecular weight is 406 g/mol. The van der Waals surface area contributed by atoms with Gasteiger partial charge in [0.15, 0.2) is 0 Å². The molecule has 2 N–H and O–H groups in total. The Morgan fingerprint density at radius 3 is 2.86 bits per heavy atom. The number of thioether (sulfide) groups is 1. The summed E-state index contributed by atoms with van der Waals surface area (Å²) in [4.78, 5) is 24.8. The number of amides is 2. The molecule has 2 aromatic rings. The van der Waals surface area contributed by atoms with Crippen LogP contribution in [0.2, 0.25) is 0 Å². The molecule has 0 saturated heterocycles. The Labute approximate surface area is 166 Å². The molecule has 0 radical (unpaired) electrons. The van der Waals surface area contributed by atoms with E-state index in [2.05, 4.69) is 26.2 Å². The van der Waals surface area contributed by atoms with Crippen molar-refractivity contribution < 1.29 is 18.7 Å². The summed E-state index contributed by atoms with van der Waals surface area (Å²) in [6.45, 7) is 7.88. The van der Waals surface area contributed by atoms with Crippen molar-refractivity contribution in [2.45, 2.75) is 44.4 Å². The molecule has 3 heterocycles.